The monoisotopic (exact) mass is 248 g/mol. The Hall–Kier alpha value is -1.06. The summed E-state index contributed by atoms with van der Waals surface area (Å²) in [4.78, 5) is 0. The third kappa shape index (κ3) is 3.03. The lowest BCUT2D eigenvalue weighted by Crippen LogP contribution is -2.41. The number of ether oxygens (including phenoxy) is 1. The molecule has 0 bridgehead atoms. The molecular weight excluding hydrogens is 224 g/mol. The highest BCUT2D eigenvalue weighted by Crippen LogP contribution is 2.26. The molecule has 1 aromatic rings. The molecule has 100 valence electrons. The Labute approximate surface area is 110 Å². The molecule has 1 aromatic carbocycles. The van der Waals surface area contributed by atoms with E-state index in [0.29, 0.717) is 6.04 Å². The van der Waals surface area contributed by atoms with Crippen LogP contribution in [0.15, 0.2) is 12.1 Å². The molecule has 3 N–H and O–H groups in total. The van der Waals surface area contributed by atoms with Gasteiger partial charge in [-0.3, -0.25) is 0 Å². The molecule has 0 heterocycles. The second-order valence-corrected chi connectivity index (χ2v) is 5.48. The van der Waals surface area contributed by atoms with Gasteiger partial charge < -0.3 is 15.8 Å². The Morgan fingerprint density at radius 1 is 1.28 bits per heavy atom. The average Bonchev–Trinajstić information content (AvgIpc) is 2.31. The number of methoxy groups -OCH3 is 1. The predicted octanol–water partition coefficient (Wildman–Crippen LogP) is 2.14. The van der Waals surface area contributed by atoms with Crippen LogP contribution >= 0.6 is 0 Å². The quantitative estimate of drug-likeness (QED) is 0.839. The lowest BCUT2D eigenvalue weighted by atomic mass is 9.81. The molecule has 0 aromatic heterocycles. The van der Waals surface area contributed by atoms with Crippen molar-refractivity contribution in [3.63, 3.8) is 0 Å². The second-order valence-electron chi connectivity index (χ2n) is 5.48. The van der Waals surface area contributed by atoms with Gasteiger partial charge in [0, 0.05) is 18.2 Å². The summed E-state index contributed by atoms with van der Waals surface area (Å²) >= 11 is 0. The fourth-order valence-corrected chi connectivity index (χ4v) is 2.54. The van der Waals surface area contributed by atoms with Crippen molar-refractivity contribution >= 4 is 0 Å². The summed E-state index contributed by atoms with van der Waals surface area (Å²) in [5.41, 5.74) is 9.62. The average molecular weight is 248 g/mol. The molecule has 1 saturated carbocycles. The number of nitrogens with two attached hydrogens (primary N) is 1. The summed E-state index contributed by atoms with van der Waals surface area (Å²) in [6.07, 6.45) is 2.33. The smallest absolute Gasteiger partial charge is 0.123 e. The normalized spacial score (nSPS) is 22.7. The molecular formula is C15H24N2O. The van der Waals surface area contributed by atoms with Gasteiger partial charge >= 0.3 is 0 Å². The van der Waals surface area contributed by atoms with Gasteiger partial charge in [-0.05, 0) is 56.3 Å². The number of rotatable bonds is 5. The van der Waals surface area contributed by atoms with E-state index in [1.165, 1.54) is 16.7 Å². The maximum absolute atomic E-state index is 5.79. The van der Waals surface area contributed by atoms with Gasteiger partial charge in [-0.2, -0.15) is 0 Å². The van der Waals surface area contributed by atoms with Crippen LogP contribution in [-0.4, -0.2) is 19.7 Å². The van der Waals surface area contributed by atoms with Crippen molar-refractivity contribution < 1.29 is 4.74 Å². The van der Waals surface area contributed by atoms with Crippen molar-refractivity contribution in [2.75, 3.05) is 13.7 Å². The Morgan fingerprint density at radius 2 is 1.94 bits per heavy atom. The van der Waals surface area contributed by atoms with Gasteiger partial charge in [-0.15, -0.1) is 0 Å². The second kappa shape index (κ2) is 5.72. The standard InChI is InChI=1S/C15H24N2O/c1-10-4-13(15(18-3)5-11(10)2)9-17-8-12-6-14(16)7-12/h4-5,12,14,17H,6-9,16H2,1-3H3. The van der Waals surface area contributed by atoms with Crippen LogP contribution in [-0.2, 0) is 6.54 Å². The van der Waals surface area contributed by atoms with E-state index in [4.69, 9.17) is 10.5 Å². The maximum atomic E-state index is 5.79. The van der Waals surface area contributed by atoms with E-state index in [9.17, 15) is 0 Å². The Bertz CT molecular complexity index is 411. The first kappa shape index (κ1) is 13.4. The van der Waals surface area contributed by atoms with E-state index >= 15 is 0 Å². The maximum Gasteiger partial charge on any atom is 0.123 e. The molecule has 0 spiro atoms. The molecule has 3 nitrogen and oxygen atoms in total. The van der Waals surface area contributed by atoms with E-state index in [2.05, 4.69) is 31.3 Å². The summed E-state index contributed by atoms with van der Waals surface area (Å²) in [5.74, 6) is 1.74. The number of aryl methyl sites for hydroxylation is 2. The first-order chi connectivity index (χ1) is 8.60. The first-order valence-corrected chi connectivity index (χ1v) is 6.70. The molecule has 0 amide bonds. The van der Waals surface area contributed by atoms with Crippen LogP contribution in [0.5, 0.6) is 5.75 Å². The van der Waals surface area contributed by atoms with Crippen LogP contribution in [0.2, 0.25) is 0 Å². The van der Waals surface area contributed by atoms with Crippen LogP contribution < -0.4 is 15.8 Å². The van der Waals surface area contributed by atoms with E-state index in [-0.39, 0.29) is 0 Å². The molecule has 0 atom stereocenters. The summed E-state index contributed by atoms with van der Waals surface area (Å²) in [7, 11) is 1.73. The predicted molar refractivity (Wildman–Crippen MR) is 74.9 cm³/mol. The molecule has 1 aliphatic rings. The molecule has 0 saturated heterocycles. The van der Waals surface area contributed by atoms with Gasteiger partial charge in [0.05, 0.1) is 7.11 Å². The minimum atomic E-state index is 0.438. The lowest BCUT2D eigenvalue weighted by molar-refractivity contribution is 0.255. The summed E-state index contributed by atoms with van der Waals surface area (Å²) in [6.45, 7) is 6.19. The van der Waals surface area contributed by atoms with E-state index < -0.39 is 0 Å². The highest BCUT2D eigenvalue weighted by atomic mass is 16.5. The van der Waals surface area contributed by atoms with Crippen molar-refractivity contribution in [2.45, 2.75) is 39.3 Å². The minimum Gasteiger partial charge on any atom is -0.496 e. The highest BCUT2D eigenvalue weighted by Gasteiger charge is 2.25. The number of benzene rings is 1. The molecule has 3 heteroatoms. The van der Waals surface area contributed by atoms with Crippen molar-refractivity contribution in [3.05, 3.63) is 28.8 Å². The van der Waals surface area contributed by atoms with Gasteiger partial charge in [0.1, 0.15) is 5.75 Å². The van der Waals surface area contributed by atoms with Crippen LogP contribution in [0, 0.1) is 19.8 Å². The van der Waals surface area contributed by atoms with Crippen molar-refractivity contribution in [3.8, 4) is 5.75 Å². The van der Waals surface area contributed by atoms with E-state index in [1.807, 2.05) is 0 Å². The van der Waals surface area contributed by atoms with Crippen LogP contribution in [0.3, 0.4) is 0 Å². The van der Waals surface area contributed by atoms with Crippen molar-refractivity contribution in [2.24, 2.45) is 11.7 Å². The highest BCUT2D eigenvalue weighted by molar-refractivity contribution is 5.41. The van der Waals surface area contributed by atoms with Crippen LogP contribution in [0.25, 0.3) is 0 Å². The van der Waals surface area contributed by atoms with Crippen LogP contribution in [0.4, 0.5) is 0 Å². The molecule has 0 unspecified atom stereocenters. The van der Waals surface area contributed by atoms with E-state index in [1.54, 1.807) is 7.11 Å². The SMILES string of the molecule is COc1cc(C)c(C)cc1CNCC1CC(N)C1. The minimum absolute atomic E-state index is 0.438. The molecule has 1 aliphatic carbocycles. The molecule has 0 aliphatic heterocycles. The number of hydrogen-bond acceptors (Lipinski definition) is 3. The van der Waals surface area contributed by atoms with Crippen molar-refractivity contribution in [1.82, 2.24) is 5.32 Å². The van der Waals surface area contributed by atoms with Crippen LogP contribution in [0.1, 0.15) is 29.5 Å². The number of nitrogens with one attached hydrogen (secondary N) is 1. The first-order valence-electron chi connectivity index (χ1n) is 6.70. The summed E-state index contributed by atoms with van der Waals surface area (Å²) < 4.78 is 5.44. The van der Waals surface area contributed by atoms with Gasteiger partial charge in [0.2, 0.25) is 0 Å². The zero-order valence-electron chi connectivity index (χ0n) is 11.6. The molecule has 0 radical (unpaired) electrons. The lowest BCUT2D eigenvalue weighted by Gasteiger charge is -2.32. The third-order valence-electron chi connectivity index (χ3n) is 3.92. The Balaban J connectivity index is 1.90. The molecule has 18 heavy (non-hydrogen) atoms. The zero-order chi connectivity index (χ0) is 13.1. The van der Waals surface area contributed by atoms with Gasteiger partial charge in [-0.25, -0.2) is 0 Å². The summed E-state index contributed by atoms with van der Waals surface area (Å²) in [6, 6.07) is 4.77. The fourth-order valence-electron chi connectivity index (χ4n) is 2.54. The number of hydrogen-bond donors (Lipinski definition) is 2. The largest absolute Gasteiger partial charge is 0.496 e. The molecule has 1 fully saturated rings. The van der Waals surface area contributed by atoms with E-state index in [0.717, 1.165) is 37.6 Å². The molecule has 2 rings (SSSR count). The fraction of sp³-hybridized carbons (Fsp3) is 0.600. The topological polar surface area (TPSA) is 47.3 Å². The Morgan fingerprint density at radius 3 is 2.56 bits per heavy atom. The third-order valence-corrected chi connectivity index (χ3v) is 3.92. The van der Waals surface area contributed by atoms with Gasteiger partial charge in [0.25, 0.3) is 0 Å². The Kier molecular flexibility index (Phi) is 4.25. The van der Waals surface area contributed by atoms with Crippen molar-refractivity contribution in [1.29, 1.82) is 0 Å². The van der Waals surface area contributed by atoms with Gasteiger partial charge in [-0.1, -0.05) is 6.07 Å². The zero-order valence-corrected chi connectivity index (χ0v) is 11.6. The van der Waals surface area contributed by atoms with Gasteiger partial charge in [0.15, 0.2) is 0 Å². The summed E-state index contributed by atoms with van der Waals surface area (Å²) in [5, 5.41) is 3.51.